The Hall–Kier alpha value is -1.07. The lowest BCUT2D eigenvalue weighted by atomic mass is 10.2. The highest BCUT2D eigenvalue weighted by Gasteiger charge is 1.96. The third kappa shape index (κ3) is 9.02. The molecule has 6 heteroatoms. The van der Waals surface area contributed by atoms with Gasteiger partial charge in [-0.1, -0.05) is 18.2 Å². The van der Waals surface area contributed by atoms with Gasteiger partial charge in [0, 0.05) is 10.7 Å². The first kappa shape index (κ1) is 12.9. The molecule has 0 atom stereocenters. The van der Waals surface area contributed by atoms with Crippen LogP contribution in [0.3, 0.4) is 0 Å². The molecule has 0 saturated carbocycles. The van der Waals surface area contributed by atoms with Crippen LogP contribution in [0.15, 0.2) is 30.3 Å². The summed E-state index contributed by atoms with van der Waals surface area (Å²) in [5, 5.41) is 8.38. The maximum Gasteiger partial charge on any atom is 0.335 e. The van der Waals surface area contributed by atoms with Crippen molar-refractivity contribution in [1.82, 2.24) is 0 Å². The number of carbonyl (C=O) groups is 1. The standard InChI is InChI=1S/C7H6O2.CH3ClO2S/c8-7(9)6-4-2-1-3-5-6;1-5(2,3)4/h1-5H,(H,8,9);1H3. The van der Waals surface area contributed by atoms with Crippen molar-refractivity contribution in [3.63, 3.8) is 0 Å². The minimum absolute atomic E-state index is 0.331. The van der Waals surface area contributed by atoms with Crippen LogP contribution in [0.5, 0.6) is 0 Å². The minimum atomic E-state index is -3.19. The fourth-order valence-electron chi connectivity index (χ4n) is 0.581. The summed E-state index contributed by atoms with van der Waals surface area (Å²) in [6.07, 6.45) is 0.925. The average molecular weight is 237 g/mol. The molecule has 0 unspecified atom stereocenters. The first-order valence-corrected chi connectivity index (χ1v) is 6.20. The lowest BCUT2D eigenvalue weighted by molar-refractivity contribution is 0.0697. The summed E-state index contributed by atoms with van der Waals surface area (Å²) < 4.78 is 18.8. The SMILES string of the molecule is CS(=O)(=O)Cl.O=C(O)c1ccccc1. The molecule has 1 N–H and O–H groups in total. The molecule has 0 fully saturated rings. The second-order valence-corrected chi connectivity index (χ2v) is 5.40. The largest absolute Gasteiger partial charge is 0.478 e. The Morgan fingerprint density at radius 3 is 1.86 bits per heavy atom. The zero-order valence-electron chi connectivity index (χ0n) is 7.34. The molecule has 1 aromatic rings. The predicted octanol–water partition coefficient (Wildman–Crippen LogP) is 1.57. The summed E-state index contributed by atoms with van der Waals surface area (Å²) in [4.78, 5) is 10.2. The van der Waals surface area contributed by atoms with E-state index in [1.165, 1.54) is 0 Å². The molecule has 0 aliphatic rings. The van der Waals surface area contributed by atoms with Gasteiger partial charge in [-0.05, 0) is 12.1 Å². The van der Waals surface area contributed by atoms with E-state index in [9.17, 15) is 13.2 Å². The maximum absolute atomic E-state index is 10.2. The van der Waals surface area contributed by atoms with Crippen LogP contribution in [-0.4, -0.2) is 25.7 Å². The topological polar surface area (TPSA) is 71.4 Å². The molecular weight excluding hydrogens is 228 g/mol. The van der Waals surface area contributed by atoms with E-state index in [0.29, 0.717) is 5.56 Å². The van der Waals surface area contributed by atoms with Crippen molar-refractivity contribution in [1.29, 1.82) is 0 Å². The second-order valence-electron chi connectivity index (χ2n) is 2.35. The molecule has 0 aliphatic heterocycles. The van der Waals surface area contributed by atoms with E-state index in [4.69, 9.17) is 5.11 Å². The number of carboxylic acid groups (broad SMARTS) is 1. The molecule has 78 valence electrons. The molecule has 0 heterocycles. The zero-order valence-corrected chi connectivity index (χ0v) is 8.92. The minimum Gasteiger partial charge on any atom is -0.478 e. The van der Waals surface area contributed by atoms with Gasteiger partial charge in [0.25, 0.3) is 0 Å². The van der Waals surface area contributed by atoms with Gasteiger partial charge in [0.05, 0.1) is 11.8 Å². The van der Waals surface area contributed by atoms with E-state index in [-0.39, 0.29) is 0 Å². The second kappa shape index (κ2) is 5.62. The first-order valence-electron chi connectivity index (χ1n) is 3.48. The molecule has 0 amide bonds. The fraction of sp³-hybridized carbons (Fsp3) is 0.125. The Kier molecular flexibility index (Phi) is 5.19. The highest BCUT2D eigenvalue weighted by atomic mass is 35.7. The number of benzene rings is 1. The van der Waals surface area contributed by atoms with Crippen LogP contribution in [0.25, 0.3) is 0 Å². The summed E-state index contributed by atoms with van der Waals surface area (Å²) in [5.41, 5.74) is 0.331. The number of aromatic carboxylic acids is 1. The predicted molar refractivity (Wildman–Crippen MR) is 54.1 cm³/mol. The zero-order chi connectivity index (χ0) is 11.2. The molecular formula is C8H9ClO4S. The lowest BCUT2D eigenvalue weighted by Crippen LogP contribution is -1.93. The first-order chi connectivity index (χ1) is 6.30. The van der Waals surface area contributed by atoms with Gasteiger partial charge in [0.2, 0.25) is 9.05 Å². The Morgan fingerprint density at radius 1 is 1.29 bits per heavy atom. The molecule has 0 aromatic heterocycles. The monoisotopic (exact) mass is 236 g/mol. The quantitative estimate of drug-likeness (QED) is 0.752. The number of hydrogen-bond acceptors (Lipinski definition) is 3. The Balaban J connectivity index is 0.000000292. The van der Waals surface area contributed by atoms with Gasteiger partial charge in [-0.25, -0.2) is 13.2 Å². The van der Waals surface area contributed by atoms with Crippen LogP contribution in [0, 0.1) is 0 Å². The van der Waals surface area contributed by atoms with Crippen molar-refractivity contribution in [2.24, 2.45) is 0 Å². The number of hydrogen-bond donors (Lipinski definition) is 1. The molecule has 1 rings (SSSR count). The highest BCUT2D eigenvalue weighted by Crippen LogP contribution is 1.96. The summed E-state index contributed by atoms with van der Waals surface area (Å²) in [6.45, 7) is 0. The van der Waals surface area contributed by atoms with Gasteiger partial charge in [-0.3, -0.25) is 0 Å². The lowest BCUT2D eigenvalue weighted by Gasteiger charge is -1.88. The van der Waals surface area contributed by atoms with Gasteiger partial charge in [0.15, 0.2) is 0 Å². The van der Waals surface area contributed by atoms with Gasteiger partial charge >= 0.3 is 5.97 Å². The van der Waals surface area contributed by atoms with Gasteiger partial charge in [-0.2, -0.15) is 0 Å². The molecule has 0 aliphatic carbocycles. The van der Waals surface area contributed by atoms with E-state index in [2.05, 4.69) is 10.7 Å². The maximum atomic E-state index is 10.2. The highest BCUT2D eigenvalue weighted by molar-refractivity contribution is 8.13. The Morgan fingerprint density at radius 2 is 1.64 bits per heavy atom. The molecule has 1 aromatic carbocycles. The molecule has 4 nitrogen and oxygen atoms in total. The van der Waals surface area contributed by atoms with E-state index >= 15 is 0 Å². The Bertz CT molecular complexity index is 377. The van der Waals surface area contributed by atoms with Crippen molar-refractivity contribution >= 4 is 25.7 Å². The van der Waals surface area contributed by atoms with Crippen LogP contribution < -0.4 is 0 Å². The van der Waals surface area contributed by atoms with E-state index in [0.717, 1.165) is 6.26 Å². The van der Waals surface area contributed by atoms with Crippen LogP contribution in [0.2, 0.25) is 0 Å². The fourth-order valence-corrected chi connectivity index (χ4v) is 0.581. The van der Waals surface area contributed by atoms with Crippen molar-refractivity contribution in [3.8, 4) is 0 Å². The molecule has 14 heavy (non-hydrogen) atoms. The third-order valence-corrected chi connectivity index (χ3v) is 1.02. The average Bonchev–Trinajstić information content (AvgIpc) is 2.03. The number of rotatable bonds is 1. The smallest absolute Gasteiger partial charge is 0.335 e. The van der Waals surface area contributed by atoms with Gasteiger partial charge in [-0.15, -0.1) is 0 Å². The summed E-state index contributed by atoms with van der Waals surface area (Å²) >= 11 is 0. The van der Waals surface area contributed by atoms with Gasteiger partial charge in [0.1, 0.15) is 0 Å². The molecule has 0 bridgehead atoms. The summed E-state index contributed by atoms with van der Waals surface area (Å²) in [6, 6.07) is 8.30. The van der Waals surface area contributed by atoms with Crippen molar-refractivity contribution < 1.29 is 18.3 Å². The van der Waals surface area contributed by atoms with Crippen LogP contribution >= 0.6 is 10.7 Å². The van der Waals surface area contributed by atoms with Crippen molar-refractivity contribution in [2.45, 2.75) is 0 Å². The van der Waals surface area contributed by atoms with Crippen molar-refractivity contribution in [3.05, 3.63) is 35.9 Å². The van der Waals surface area contributed by atoms with E-state index in [1.807, 2.05) is 0 Å². The van der Waals surface area contributed by atoms with E-state index in [1.54, 1.807) is 30.3 Å². The van der Waals surface area contributed by atoms with E-state index < -0.39 is 15.0 Å². The van der Waals surface area contributed by atoms with Crippen LogP contribution in [-0.2, 0) is 9.05 Å². The number of halogens is 1. The normalized spacial score (nSPS) is 9.86. The van der Waals surface area contributed by atoms with Crippen molar-refractivity contribution in [2.75, 3.05) is 6.26 Å². The summed E-state index contributed by atoms with van der Waals surface area (Å²) in [5.74, 6) is -0.879. The van der Waals surface area contributed by atoms with Crippen LogP contribution in [0.4, 0.5) is 0 Å². The Labute approximate surface area is 86.6 Å². The molecule has 0 saturated heterocycles. The van der Waals surface area contributed by atoms with Crippen LogP contribution in [0.1, 0.15) is 10.4 Å². The molecule has 0 spiro atoms. The summed E-state index contributed by atoms with van der Waals surface area (Å²) in [7, 11) is 1.31. The molecule has 0 radical (unpaired) electrons. The third-order valence-electron chi connectivity index (χ3n) is 1.02. The number of carboxylic acids is 1. The van der Waals surface area contributed by atoms with Gasteiger partial charge < -0.3 is 5.11 Å².